The van der Waals surface area contributed by atoms with Gasteiger partial charge in [0.1, 0.15) is 0 Å². The summed E-state index contributed by atoms with van der Waals surface area (Å²) in [6, 6.07) is 3.47. The fourth-order valence-electron chi connectivity index (χ4n) is 1.36. The van der Waals surface area contributed by atoms with Gasteiger partial charge in [-0.25, -0.2) is 9.69 Å². The van der Waals surface area contributed by atoms with Crippen molar-refractivity contribution in [3.63, 3.8) is 0 Å². The van der Waals surface area contributed by atoms with Crippen LogP contribution in [0.4, 0.5) is 4.79 Å². The molecule has 15 heavy (non-hydrogen) atoms. The molecule has 1 saturated heterocycles. The summed E-state index contributed by atoms with van der Waals surface area (Å²) in [7, 11) is 0. The minimum Gasteiger partial charge on any atom is -1.00 e. The molecule has 0 saturated carbocycles. The van der Waals surface area contributed by atoms with Crippen LogP contribution in [0.15, 0.2) is 24.5 Å². The van der Waals surface area contributed by atoms with Crippen LogP contribution in [0.5, 0.6) is 0 Å². The number of imide groups is 1. The number of nitrogens with zero attached hydrogens (tertiary/aromatic N) is 2. The molecule has 0 bridgehead atoms. The molecule has 2 heterocycles. The molecule has 0 unspecified atom stereocenters. The van der Waals surface area contributed by atoms with Crippen LogP contribution in [0.3, 0.4) is 0 Å². The smallest absolute Gasteiger partial charge is 1.00 e. The second-order valence-corrected chi connectivity index (χ2v) is 3.05. The van der Waals surface area contributed by atoms with Crippen LogP contribution in [0, 0.1) is 0 Å². The van der Waals surface area contributed by atoms with Crippen molar-refractivity contribution in [1.82, 2.24) is 9.63 Å². The van der Waals surface area contributed by atoms with E-state index in [9.17, 15) is 9.59 Å². The van der Waals surface area contributed by atoms with Gasteiger partial charge in [-0.1, -0.05) is 0 Å². The van der Waals surface area contributed by atoms with Gasteiger partial charge in [-0.15, -0.1) is 0 Å². The Morgan fingerprint density at radius 2 is 2.07 bits per heavy atom. The second-order valence-electron chi connectivity index (χ2n) is 3.05. The first-order chi connectivity index (χ1) is 6.77. The number of aromatic nitrogens is 1. The van der Waals surface area contributed by atoms with Gasteiger partial charge in [-0.05, 0) is 18.6 Å². The molecule has 1 aliphatic heterocycles. The second kappa shape index (κ2) is 5.34. The Balaban J connectivity index is 0.00000112. The molecule has 0 aromatic carbocycles. The number of carbonyl (C=O) groups is 2. The number of carbonyl (C=O) groups excluding carboxylic acids is 2. The fourth-order valence-corrected chi connectivity index (χ4v) is 1.36. The van der Waals surface area contributed by atoms with Crippen molar-refractivity contribution in [1.29, 1.82) is 0 Å². The van der Waals surface area contributed by atoms with Gasteiger partial charge in [0.2, 0.25) is 5.91 Å². The zero-order valence-corrected chi connectivity index (χ0v) is 10.5. The Morgan fingerprint density at radius 3 is 2.60 bits per heavy atom. The summed E-state index contributed by atoms with van der Waals surface area (Å²) < 4.78 is 1.27. The molecule has 5 nitrogen and oxygen atoms in total. The summed E-state index contributed by atoms with van der Waals surface area (Å²) in [4.78, 5) is 28.6. The minimum absolute atomic E-state index is 0. The maximum atomic E-state index is 11.4. The van der Waals surface area contributed by atoms with Crippen LogP contribution in [-0.4, -0.2) is 28.2 Å². The Kier molecular flexibility index (Phi) is 4.38. The molecule has 1 aliphatic rings. The Labute approximate surface area is 111 Å². The van der Waals surface area contributed by atoms with Crippen LogP contribution in [0.1, 0.15) is 14.3 Å². The van der Waals surface area contributed by atoms with E-state index in [1.54, 1.807) is 24.5 Å². The molecule has 0 atom stereocenters. The van der Waals surface area contributed by atoms with Crippen molar-refractivity contribution >= 4 is 12.0 Å². The third kappa shape index (κ3) is 2.84. The summed E-state index contributed by atoms with van der Waals surface area (Å²) >= 11 is 0. The van der Waals surface area contributed by atoms with Crippen molar-refractivity contribution in [2.75, 3.05) is 6.54 Å². The number of hydrogen-bond acceptors (Lipinski definition) is 3. The molecule has 1 fully saturated rings. The van der Waals surface area contributed by atoms with E-state index in [1.807, 2.05) is 0 Å². The zero-order chi connectivity index (χ0) is 9.97. The molecule has 0 radical (unpaired) electrons. The number of amides is 2. The summed E-state index contributed by atoms with van der Waals surface area (Å²) in [6.45, 7) is 0.457. The number of hydrogen-bond donors (Lipinski definition) is 0. The van der Waals surface area contributed by atoms with E-state index in [0.29, 0.717) is 13.0 Å². The fraction of sp³-hybridized carbons (Fsp3) is 0.333. The first-order valence-electron chi connectivity index (χ1n) is 4.43. The van der Waals surface area contributed by atoms with E-state index in [2.05, 4.69) is 0 Å². The Bertz CT molecular complexity index is 356. The van der Waals surface area contributed by atoms with Crippen LogP contribution in [0.2, 0.25) is 0 Å². The van der Waals surface area contributed by atoms with E-state index >= 15 is 0 Å². The maximum Gasteiger partial charge on any atom is 1.00 e. The van der Waals surface area contributed by atoms with Crippen molar-refractivity contribution in [2.24, 2.45) is 0 Å². The molecular weight excluding hydrogens is 207 g/mol. The monoisotopic (exact) mass is 218 g/mol. The van der Waals surface area contributed by atoms with Crippen molar-refractivity contribution < 1.29 is 45.4 Å². The summed E-state index contributed by atoms with van der Waals surface area (Å²) in [6.07, 6.45) is 3.74. The van der Waals surface area contributed by atoms with E-state index in [0.717, 1.165) is 11.3 Å². The SMILES string of the molecule is O=C1CCCN1C(=O)On1cccc1.[H-].[Na+]. The van der Waals surface area contributed by atoms with Gasteiger partial charge >= 0.3 is 35.7 Å². The molecule has 0 N–H and O–H groups in total. The average molecular weight is 218 g/mol. The van der Waals surface area contributed by atoms with Gasteiger partial charge < -0.3 is 6.26 Å². The van der Waals surface area contributed by atoms with E-state index < -0.39 is 6.09 Å². The molecule has 1 aromatic rings. The Hall–Kier alpha value is -0.780. The normalized spacial score (nSPS) is 14.9. The molecule has 0 spiro atoms. The summed E-state index contributed by atoms with van der Waals surface area (Å²) in [5.41, 5.74) is 0. The van der Waals surface area contributed by atoms with Crippen molar-refractivity contribution in [3.8, 4) is 0 Å². The predicted molar refractivity (Wildman–Crippen MR) is 48.5 cm³/mol. The summed E-state index contributed by atoms with van der Waals surface area (Å²) in [5.74, 6) is -0.165. The van der Waals surface area contributed by atoms with E-state index in [4.69, 9.17) is 4.84 Å². The van der Waals surface area contributed by atoms with E-state index in [1.165, 1.54) is 4.73 Å². The standard InChI is InChI=1S/C9H10N2O3.Na.H/c12-8-4-3-7-11(8)9(13)14-10-5-1-2-6-10;;/h1-2,5-6H,3-4,7H2;;/q;+1;-1. The molecule has 1 aromatic heterocycles. The zero-order valence-electron chi connectivity index (χ0n) is 9.55. The van der Waals surface area contributed by atoms with Crippen LogP contribution in [-0.2, 0) is 4.79 Å². The first-order valence-corrected chi connectivity index (χ1v) is 4.43. The quantitative estimate of drug-likeness (QED) is 0.501. The van der Waals surface area contributed by atoms with Crippen molar-refractivity contribution in [2.45, 2.75) is 12.8 Å². The Morgan fingerprint density at radius 1 is 1.40 bits per heavy atom. The largest absolute Gasteiger partial charge is 1.00 e. The predicted octanol–water partition coefficient (Wildman–Crippen LogP) is -2.22. The number of rotatable bonds is 1. The van der Waals surface area contributed by atoms with Crippen LogP contribution in [0.25, 0.3) is 0 Å². The van der Waals surface area contributed by atoms with Gasteiger partial charge in [-0.3, -0.25) is 4.79 Å². The van der Waals surface area contributed by atoms with Gasteiger partial charge in [-0.2, -0.15) is 4.73 Å². The average Bonchev–Trinajstić information content (AvgIpc) is 2.75. The van der Waals surface area contributed by atoms with Crippen LogP contribution < -0.4 is 34.4 Å². The number of likely N-dealkylation sites (tertiary alicyclic amines) is 1. The third-order valence-corrected chi connectivity index (χ3v) is 2.05. The summed E-state index contributed by atoms with van der Waals surface area (Å²) in [5, 5.41) is 0. The molecule has 0 aliphatic carbocycles. The van der Waals surface area contributed by atoms with Crippen molar-refractivity contribution in [3.05, 3.63) is 24.5 Å². The van der Waals surface area contributed by atoms with Crippen LogP contribution >= 0.6 is 0 Å². The van der Waals surface area contributed by atoms with Gasteiger partial charge in [0.25, 0.3) is 0 Å². The van der Waals surface area contributed by atoms with Gasteiger partial charge in [0.15, 0.2) is 0 Å². The minimum atomic E-state index is -0.608. The molecular formula is C9H11N2NaO3. The van der Waals surface area contributed by atoms with E-state index in [-0.39, 0.29) is 36.9 Å². The molecule has 2 rings (SSSR count). The van der Waals surface area contributed by atoms with Gasteiger partial charge in [0.05, 0.1) is 0 Å². The molecule has 2 amide bonds. The third-order valence-electron chi connectivity index (χ3n) is 2.05. The van der Waals surface area contributed by atoms with Gasteiger partial charge in [0, 0.05) is 25.4 Å². The molecule has 6 heteroatoms. The maximum absolute atomic E-state index is 11.4. The molecule has 76 valence electrons. The topological polar surface area (TPSA) is 51.5 Å². The first kappa shape index (κ1) is 12.3.